The zero-order chi connectivity index (χ0) is 18.9. The second-order valence-corrected chi connectivity index (χ2v) is 9.39. The fourth-order valence-corrected chi connectivity index (χ4v) is 7.08. The van der Waals surface area contributed by atoms with Crippen LogP contribution in [0.2, 0.25) is 0 Å². The normalized spacial score (nSPS) is 49.9. The maximum atomic E-state index is 12.6. The van der Waals surface area contributed by atoms with Gasteiger partial charge in [-0.25, -0.2) is 0 Å². The van der Waals surface area contributed by atoms with E-state index in [1.165, 1.54) is 0 Å². The molecule has 3 saturated carbocycles. The number of hydrogen-bond donors (Lipinski definition) is 2. The quantitative estimate of drug-likeness (QED) is 0.796. The van der Waals surface area contributed by atoms with Crippen LogP contribution in [-0.2, 0) is 9.59 Å². The Kier molecular flexibility index (Phi) is 3.92. The third-order valence-electron chi connectivity index (χ3n) is 8.43. The molecule has 4 heteroatoms. The van der Waals surface area contributed by atoms with Gasteiger partial charge in [0, 0.05) is 23.2 Å². The van der Waals surface area contributed by atoms with E-state index in [0.717, 1.165) is 24.8 Å². The number of Topliss-reactive ketones (excluding diaryl/α,β-unsaturated/α-hetero) is 1. The van der Waals surface area contributed by atoms with E-state index in [0.29, 0.717) is 19.3 Å². The van der Waals surface area contributed by atoms with Crippen molar-refractivity contribution in [3.8, 4) is 0 Å². The number of carbonyl (C=O) groups excluding carboxylic acids is 2. The first-order chi connectivity index (χ1) is 12.2. The Bertz CT molecular complexity index is 722. The van der Waals surface area contributed by atoms with Gasteiger partial charge in [0.25, 0.3) is 0 Å². The van der Waals surface area contributed by atoms with E-state index in [2.05, 4.69) is 6.92 Å². The summed E-state index contributed by atoms with van der Waals surface area (Å²) in [6, 6.07) is 0. The lowest BCUT2D eigenvalue weighted by molar-refractivity contribution is -0.176. The summed E-state index contributed by atoms with van der Waals surface area (Å²) in [5.74, 6) is 0.501. The van der Waals surface area contributed by atoms with Gasteiger partial charge in [0.05, 0.1) is 6.10 Å². The van der Waals surface area contributed by atoms with Crippen LogP contribution in [0.1, 0.15) is 59.3 Å². The second kappa shape index (κ2) is 5.62. The van der Waals surface area contributed by atoms with E-state index in [1.807, 2.05) is 19.9 Å². The zero-order valence-corrected chi connectivity index (χ0v) is 16.0. The first-order valence-electron chi connectivity index (χ1n) is 10.1. The number of rotatable bonds is 2. The maximum Gasteiger partial charge on any atom is 0.178 e. The fourth-order valence-electron chi connectivity index (χ4n) is 7.08. The Labute approximate surface area is 155 Å². The molecule has 1 unspecified atom stereocenters. The number of allylic oxidation sites excluding steroid dienone is 4. The molecule has 7 atom stereocenters. The first kappa shape index (κ1) is 18.1. The van der Waals surface area contributed by atoms with Crippen molar-refractivity contribution >= 4 is 11.6 Å². The Morgan fingerprint density at radius 2 is 2.04 bits per heavy atom. The predicted octanol–water partition coefficient (Wildman–Crippen LogP) is 2.98. The molecule has 142 valence electrons. The Hall–Kier alpha value is -1.26. The van der Waals surface area contributed by atoms with Crippen LogP contribution < -0.4 is 0 Å². The maximum absolute atomic E-state index is 12.6. The number of fused-ring (bicyclic) bond motifs is 5. The lowest BCUT2D eigenvalue weighted by Gasteiger charge is -2.59. The highest BCUT2D eigenvalue weighted by Gasteiger charge is 2.67. The highest BCUT2D eigenvalue weighted by Crippen LogP contribution is 2.67. The summed E-state index contributed by atoms with van der Waals surface area (Å²) in [6.07, 6.45) is 8.70. The summed E-state index contributed by atoms with van der Waals surface area (Å²) in [4.78, 5) is 24.4. The van der Waals surface area contributed by atoms with Gasteiger partial charge in [-0.05, 0) is 56.1 Å². The van der Waals surface area contributed by atoms with E-state index < -0.39 is 17.1 Å². The van der Waals surface area contributed by atoms with Gasteiger partial charge in [-0.15, -0.1) is 0 Å². The molecule has 26 heavy (non-hydrogen) atoms. The smallest absolute Gasteiger partial charge is 0.178 e. The van der Waals surface area contributed by atoms with Crippen molar-refractivity contribution in [2.24, 2.45) is 28.6 Å². The molecule has 4 nitrogen and oxygen atoms in total. The van der Waals surface area contributed by atoms with Gasteiger partial charge in [-0.3, -0.25) is 9.59 Å². The molecule has 0 radical (unpaired) electrons. The summed E-state index contributed by atoms with van der Waals surface area (Å²) in [6.45, 7) is 5.97. The van der Waals surface area contributed by atoms with E-state index in [-0.39, 0.29) is 34.7 Å². The molecular formula is C22H30O4. The minimum Gasteiger partial charge on any atom is -0.393 e. The van der Waals surface area contributed by atoms with Gasteiger partial charge in [-0.2, -0.15) is 0 Å². The molecule has 4 aliphatic carbocycles. The summed E-state index contributed by atoms with van der Waals surface area (Å²) in [7, 11) is 0. The number of aliphatic hydroxyl groups excluding tert-OH is 1. The third-order valence-corrected chi connectivity index (χ3v) is 8.43. The minimum atomic E-state index is -1.31. The van der Waals surface area contributed by atoms with Crippen molar-refractivity contribution in [1.29, 1.82) is 0 Å². The first-order valence-corrected chi connectivity index (χ1v) is 10.1. The summed E-state index contributed by atoms with van der Waals surface area (Å²) >= 11 is 0. The molecule has 0 spiro atoms. The van der Waals surface area contributed by atoms with Crippen LogP contribution in [0.3, 0.4) is 0 Å². The molecule has 2 N–H and O–H groups in total. The number of ketones is 2. The van der Waals surface area contributed by atoms with Crippen molar-refractivity contribution in [2.45, 2.75) is 71.0 Å². The molecule has 0 aliphatic heterocycles. The minimum absolute atomic E-state index is 0.0369. The molecular weight excluding hydrogens is 328 g/mol. The SMILES string of the molecule is CCC(=O)[C@@]1(O)CC[C@H]2C3CCC4=CC(=O)C=C[C@]4(C)[C@@H]3[C@@H](O)C[C@@]21C. The molecule has 0 aromatic rings. The van der Waals surface area contributed by atoms with E-state index in [4.69, 9.17) is 0 Å². The molecule has 4 rings (SSSR count). The molecule has 4 aliphatic rings. The molecule has 0 heterocycles. The number of aliphatic hydroxyl groups is 2. The van der Waals surface area contributed by atoms with Gasteiger partial charge in [0.15, 0.2) is 11.6 Å². The van der Waals surface area contributed by atoms with E-state index in [1.54, 1.807) is 12.2 Å². The number of hydrogen-bond acceptors (Lipinski definition) is 4. The zero-order valence-electron chi connectivity index (χ0n) is 16.0. The van der Waals surface area contributed by atoms with Gasteiger partial charge >= 0.3 is 0 Å². The van der Waals surface area contributed by atoms with Crippen LogP contribution in [0.5, 0.6) is 0 Å². The van der Waals surface area contributed by atoms with Crippen molar-refractivity contribution in [3.05, 3.63) is 23.8 Å². The molecule has 0 aromatic carbocycles. The molecule has 0 aromatic heterocycles. The summed E-state index contributed by atoms with van der Waals surface area (Å²) in [5.41, 5.74) is -1.04. The second-order valence-electron chi connectivity index (χ2n) is 9.39. The van der Waals surface area contributed by atoms with Crippen LogP contribution >= 0.6 is 0 Å². The average molecular weight is 358 g/mol. The molecule has 0 bridgehead atoms. The molecule has 3 fully saturated rings. The fraction of sp³-hybridized carbons (Fsp3) is 0.727. The largest absolute Gasteiger partial charge is 0.393 e. The molecule has 0 saturated heterocycles. The van der Waals surface area contributed by atoms with Crippen LogP contribution in [0.15, 0.2) is 23.8 Å². The van der Waals surface area contributed by atoms with Crippen molar-refractivity contribution in [2.75, 3.05) is 0 Å². The topological polar surface area (TPSA) is 74.6 Å². The lowest BCUT2D eigenvalue weighted by atomic mass is 9.46. The lowest BCUT2D eigenvalue weighted by Crippen LogP contribution is -2.61. The van der Waals surface area contributed by atoms with Gasteiger partial charge < -0.3 is 10.2 Å². The van der Waals surface area contributed by atoms with Gasteiger partial charge in [0.2, 0.25) is 0 Å². The van der Waals surface area contributed by atoms with Gasteiger partial charge in [-0.1, -0.05) is 32.4 Å². The summed E-state index contributed by atoms with van der Waals surface area (Å²) < 4.78 is 0. The van der Waals surface area contributed by atoms with Crippen LogP contribution in [-0.4, -0.2) is 33.5 Å². The highest BCUT2D eigenvalue weighted by molar-refractivity contribution is 6.01. The average Bonchev–Trinajstić information content (AvgIpc) is 2.86. The molecule has 0 amide bonds. The van der Waals surface area contributed by atoms with Crippen molar-refractivity contribution in [3.63, 3.8) is 0 Å². The highest BCUT2D eigenvalue weighted by atomic mass is 16.3. The Morgan fingerprint density at radius 3 is 2.73 bits per heavy atom. The Morgan fingerprint density at radius 1 is 1.31 bits per heavy atom. The van der Waals surface area contributed by atoms with E-state index >= 15 is 0 Å². The Balaban J connectivity index is 1.75. The summed E-state index contributed by atoms with van der Waals surface area (Å²) in [5, 5.41) is 22.5. The van der Waals surface area contributed by atoms with E-state index in [9.17, 15) is 19.8 Å². The van der Waals surface area contributed by atoms with Crippen LogP contribution in [0, 0.1) is 28.6 Å². The van der Waals surface area contributed by atoms with Crippen LogP contribution in [0.4, 0.5) is 0 Å². The number of carbonyl (C=O) groups is 2. The monoisotopic (exact) mass is 358 g/mol. The third kappa shape index (κ3) is 2.09. The van der Waals surface area contributed by atoms with Gasteiger partial charge in [0.1, 0.15) is 5.60 Å². The predicted molar refractivity (Wildman–Crippen MR) is 98.3 cm³/mol. The van der Waals surface area contributed by atoms with Crippen molar-refractivity contribution < 1.29 is 19.8 Å². The van der Waals surface area contributed by atoms with Crippen molar-refractivity contribution in [1.82, 2.24) is 0 Å². The van der Waals surface area contributed by atoms with Crippen LogP contribution in [0.25, 0.3) is 0 Å². The standard InChI is InChI=1S/C22H30O4/c1-4-18(25)22(26)10-8-16-15-6-5-13-11-14(23)7-9-20(13,2)19(15)17(24)12-21(16,22)3/h7,9,11,15-17,19,24,26H,4-6,8,10,12H2,1-3H3/t15?,16-,17-,19-,20-,21-,22-/m0/s1.